The number of hydrogen-bond acceptors (Lipinski definition) is 3. The van der Waals surface area contributed by atoms with Gasteiger partial charge in [-0.2, -0.15) is 0 Å². The average Bonchev–Trinajstić information content (AvgIpc) is 2.16. The molecule has 1 unspecified atom stereocenters. The number of nitrogens with zero attached hydrogens (tertiary/aromatic N) is 1. The molecule has 0 aliphatic carbocycles. The summed E-state index contributed by atoms with van der Waals surface area (Å²) < 4.78 is 5.35. The first-order valence-electron chi connectivity index (χ1n) is 5.59. The zero-order valence-electron chi connectivity index (χ0n) is 10.7. The Hall–Kier alpha value is -1.06. The summed E-state index contributed by atoms with van der Waals surface area (Å²) in [6, 6.07) is 6.49. The highest BCUT2D eigenvalue weighted by Gasteiger charge is 2.06. The van der Waals surface area contributed by atoms with Gasteiger partial charge in [-0.1, -0.05) is 12.1 Å². The van der Waals surface area contributed by atoms with Crippen LogP contribution in [0.5, 0.6) is 5.75 Å². The van der Waals surface area contributed by atoms with Gasteiger partial charge in [0.2, 0.25) is 0 Å². The van der Waals surface area contributed by atoms with Crippen molar-refractivity contribution in [3.8, 4) is 5.75 Å². The fraction of sp³-hybridized carbons (Fsp3) is 0.538. The van der Waals surface area contributed by atoms with E-state index in [1.54, 1.807) is 7.11 Å². The van der Waals surface area contributed by atoms with Crippen molar-refractivity contribution in [1.29, 1.82) is 0 Å². The monoisotopic (exact) mass is 222 g/mol. The maximum absolute atomic E-state index is 5.80. The lowest BCUT2D eigenvalue weighted by atomic mass is 10.0. The van der Waals surface area contributed by atoms with E-state index in [0.717, 1.165) is 18.7 Å². The smallest absolute Gasteiger partial charge is 0.123 e. The largest absolute Gasteiger partial charge is 0.496 e. The van der Waals surface area contributed by atoms with Crippen LogP contribution in [0.1, 0.15) is 18.1 Å². The highest BCUT2D eigenvalue weighted by atomic mass is 16.5. The molecule has 1 atom stereocenters. The van der Waals surface area contributed by atoms with Crippen LogP contribution in [-0.2, 0) is 13.0 Å². The summed E-state index contributed by atoms with van der Waals surface area (Å²) in [6.45, 7) is 2.91. The lowest BCUT2D eigenvalue weighted by molar-refractivity contribution is 0.371. The number of hydrogen-bond donors (Lipinski definition) is 1. The molecule has 3 heteroatoms. The SMILES string of the molecule is COc1ccc(CC(C)N)cc1CN(C)C. The summed E-state index contributed by atoms with van der Waals surface area (Å²) >= 11 is 0. The molecule has 0 amide bonds. The van der Waals surface area contributed by atoms with E-state index in [0.29, 0.717) is 0 Å². The third-order valence-corrected chi connectivity index (χ3v) is 2.39. The van der Waals surface area contributed by atoms with Crippen molar-refractivity contribution in [1.82, 2.24) is 4.90 Å². The molecule has 0 saturated carbocycles. The Morgan fingerprint density at radius 2 is 2.06 bits per heavy atom. The maximum atomic E-state index is 5.80. The van der Waals surface area contributed by atoms with Crippen molar-refractivity contribution in [3.05, 3.63) is 29.3 Å². The second kappa shape index (κ2) is 5.87. The number of benzene rings is 1. The molecule has 1 aromatic rings. The Morgan fingerprint density at radius 3 is 2.56 bits per heavy atom. The Morgan fingerprint density at radius 1 is 1.38 bits per heavy atom. The Kier molecular flexibility index (Phi) is 4.77. The van der Waals surface area contributed by atoms with E-state index in [2.05, 4.69) is 31.1 Å². The Bertz CT molecular complexity index is 335. The van der Waals surface area contributed by atoms with Gasteiger partial charge < -0.3 is 15.4 Å². The van der Waals surface area contributed by atoms with E-state index in [1.165, 1.54) is 11.1 Å². The summed E-state index contributed by atoms with van der Waals surface area (Å²) in [5.41, 5.74) is 8.29. The molecular weight excluding hydrogens is 200 g/mol. The van der Waals surface area contributed by atoms with Crippen molar-refractivity contribution in [2.75, 3.05) is 21.2 Å². The van der Waals surface area contributed by atoms with E-state index in [1.807, 2.05) is 13.0 Å². The van der Waals surface area contributed by atoms with E-state index >= 15 is 0 Å². The molecule has 0 bridgehead atoms. The summed E-state index contributed by atoms with van der Waals surface area (Å²) in [5, 5.41) is 0. The molecule has 0 aliphatic heterocycles. The molecule has 3 nitrogen and oxygen atoms in total. The molecule has 0 saturated heterocycles. The summed E-state index contributed by atoms with van der Waals surface area (Å²) in [6.07, 6.45) is 0.907. The van der Waals surface area contributed by atoms with Crippen molar-refractivity contribution in [2.45, 2.75) is 25.9 Å². The lowest BCUT2D eigenvalue weighted by Crippen LogP contribution is -2.18. The van der Waals surface area contributed by atoms with Gasteiger partial charge in [0.15, 0.2) is 0 Å². The zero-order valence-corrected chi connectivity index (χ0v) is 10.7. The molecule has 90 valence electrons. The van der Waals surface area contributed by atoms with Gasteiger partial charge in [0.1, 0.15) is 5.75 Å². The second-order valence-electron chi connectivity index (χ2n) is 4.57. The molecular formula is C13H22N2O. The topological polar surface area (TPSA) is 38.5 Å². The molecule has 16 heavy (non-hydrogen) atoms. The van der Waals surface area contributed by atoms with Crippen LogP contribution in [0.2, 0.25) is 0 Å². The summed E-state index contributed by atoms with van der Waals surface area (Å²) in [7, 11) is 5.81. The lowest BCUT2D eigenvalue weighted by Gasteiger charge is -2.15. The number of methoxy groups -OCH3 is 1. The molecule has 2 N–H and O–H groups in total. The molecule has 0 spiro atoms. The molecule has 1 aromatic carbocycles. The van der Waals surface area contributed by atoms with Crippen LogP contribution in [0.4, 0.5) is 0 Å². The minimum Gasteiger partial charge on any atom is -0.496 e. The highest BCUT2D eigenvalue weighted by molar-refractivity contribution is 5.37. The van der Waals surface area contributed by atoms with Crippen molar-refractivity contribution in [2.24, 2.45) is 5.73 Å². The van der Waals surface area contributed by atoms with Gasteiger partial charge in [-0.05, 0) is 39.1 Å². The van der Waals surface area contributed by atoms with Gasteiger partial charge in [-0.3, -0.25) is 0 Å². The molecule has 0 radical (unpaired) electrons. The quantitative estimate of drug-likeness (QED) is 0.823. The third-order valence-electron chi connectivity index (χ3n) is 2.39. The van der Waals surface area contributed by atoms with E-state index in [4.69, 9.17) is 10.5 Å². The highest BCUT2D eigenvalue weighted by Crippen LogP contribution is 2.21. The molecule has 0 aliphatic rings. The fourth-order valence-corrected chi connectivity index (χ4v) is 1.79. The van der Waals surface area contributed by atoms with Crippen LogP contribution in [0, 0.1) is 0 Å². The Balaban J connectivity index is 2.91. The van der Waals surface area contributed by atoms with Crippen molar-refractivity contribution >= 4 is 0 Å². The van der Waals surface area contributed by atoms with Crippen molar-refractivity contribution < 1.29 is 4.74 Å². The molecule has 0 aromatic heterocycles. The van der Waals surface area contributed by atoms with Crippen LogP contribution in [0.15, 0.2) is 18.2 Å². The van der Waals surface area contributed by atoms with Gasteiger partial charge in [0, 0.05) is 18.2 Å². The predicted molar refractivity (Wildman–Crippen MR) is 67.7 cm³/mol. The normalized spacial score (nSPS) is 12.9. The zero-order chi connectivity index (χ0) is 12.1. The summed E-state index contributed by atoms with van der Waals surface area (Å²) in [4.78, 5) is 2.13. The van der Waals surface area contributed by atoms with Gasteiger partial charge in [-0.15, -0.1) is 0 Å². The number of nitrogens with two attached hydrogens (primary N) is 1. The molecule has 0 fully saturated rings. The van der Waals surface area contributed by atoms with E-state index < -0.39 is 0 Å². The number of ether oxygens (including phenoxy) is 1. The van der Waals surface area contributed by atoms with Crippen molar-refractivity contribution in [3.63, 3.8) is 0 Å². The van der Waals surface area contributed by atoms with E-state index in [9.17, 15) is 0 Å². The van der Waals surface area contributed by atoms with Crippen LogP contribution < -0.4 is 10.5 Å². The van der Waals surface area contributed by atoms with Gasteiger partial charge >= 0.3 is 0 Å². The molecule has 0 heterocycles. The van der Waals surface area contributed by atoms with Crippen LogP contribution in [0.25, 0.3) is 0 Å². The first-order chi connectivity index (χ1) is 7.52. The molecule has 1 rings (SSSR count). The van der Waals surface area contributed by atoms with E-state index in [-0.39, 0.29) is 6.04 Å². The summed E-state index contributed by atoms with van der Waals surface area (Å²) in [5.74, 6) is 0.946. The minimum absolute atomic E-state index is 0.195. The van der Waals surface area contributed by atoms with Gasteiger partial charge in [0.05, 0.1) is 7.11 Å². The van der Waals surface area contributed by atoms with Gasteiger partial charge in [0.25, 0.3) is 0 Å². The fourth-order valence-electron chi connectivity index (χ4n) is 1.79. The first kappa shape index (κ1) is 13.0. The number of rotatable bonds is 5. The van der Waals surface area contributed by atoms with Gasteiger partial charge in [-0.25, -0.2) is 0 Å². The average molecular weight is 222 g/mol. The minimum atomic E-state index is 0.195. The maximum Gasteiger partial charge on any atom is 0.123 e. The first-order valence-corrected chi connectivity index (χ1v) is 5.59. The standard InChI is InChI=1S/C13H22N2O/c1-10(14)7-11-5-6-13(16-4)12(8-11)9-15(2)3/h5-6,8,10H,7,9,14H2,1-4H3. The third kappa shape index (κ3) is 3.83. The predicted octanol–water partition coefficient (Wildman–Crippen LogP) is 1.65. The Labute approximate surface area is 98.2 Å². The van der Waals surface area contributed by atoms with Crippen LogP contribution >= 0.6 is 0 Å². The second-order valence-corrected chi connectivity index (χ2v) is 4.57. The van der Waals surface area contributed by atoms with Crippen LogP contribution in [0.3, 0.4) is 0 Å². The van der Waals surface area contributed by atoms with Crippen LogP contribution in [-0.4, -0.2) is 32.1 Å².